The van der Waals surface area contributed by atoms with E-state index in [0.717, 1.165) is 5.56 Å². The Morgan fingerprint density at radius 3 is 2.75 bits per heavy atom. The van der Waals surface area contributed by atoms with Crippen molar-refractivity contribution in [2.24, 2.45) is 0 Å². The van der Waals surface area contributed by atoms with Crippen molar-refractivity contribution in [3.63, 3.8) is 0 Å². The summed E-state index contributed by atoms with van der Waals surface area (Å²) in [6.07, 6.45) is 0. The van der Waals surface area contributed by atoms with Crippen LogP contribution in [0.3, 0.4) is 0 Å². The van der Waals surface area contributed by atoms with Gasteiger partial charge in [-0.15, -0.1) is 10.2 Å². The lowest BCUT2D eigenvalue weighted by molar-refractivity contribution is 0.0696. The summed E-state index contributed by atoms with van der Waals surface area (Å²) < 4.78 is 11.1. The molecule has 7 heteroatoms. The zero-order valence-corrected chi connectivity index (χ0v) is 13.4. The fourth-order valence-electron chi connectivity index (χ4n) is 1.97. The largest absolute Gasteiger partial charge is 0.493 e. The van der Waals surface area contributed by atoms with Gasteiger partial charge in [-0.25, -0.2) is 4.79 Å². The van der Waals surface area contributed by atoms with E-state index in [1.165, 1.54) is 23.9 Å². The van der Waals surface area contributed by atoms with Gasteiger partial charge in [-0.2, -0.15) is 0 Å². The fourth-order valence-corrected chi connectivity index (χ4v) is 2.55. The molecule has 1 aromatic heterocycles. The van der Waals surface area contributed by atoms with Crippen molar-refractivity contribution in [2.75, 3.05) is 12.4 Å². The van der Waals surface area contributed by atoms with Gasteiger partial charge in [0.2, 0.25) is 5.89 Å². The Morgan fingerprint density at radius 2 is 1.96 bits per heavy atom. The molecule has 1 heterocycles. The molecule has 0 aliphatic carbocycles. The normalized spacial score (nSPS) is 10.5. The van der Waals surface area contributed by atoms with Crippen molar-refractivity contribution in [1.29, 1.82) is 0 Å². The molecule has 0 aliphatic heterocycles. The third kappa shape index (κ3) is 4.14. The summed E-state index contributed by atoms with van der Waals surface area (Å²) in [5.41, 5.74) is 1.07. The van der Waals surface area contributed by atoms with E-state index >= 15 is 0 Å². The number of hydrogen-bond acceptors (Lipinski definition) is 6. The third-order valence-corrected chi connectivity index (χ3v) is 3.87. The van der Waals surface area contributed by atoms with Crippen molar-refractivity contribution in [1.82, 2.24) is 10.2 Å². The van der Waals surface area contributed by atoms with Crippen molar-refractivity contribution in [3.05, 3.63) is 60.2 Å². The summed E-state index contributed by atoms with van der Waals surface area (Å²) in [6.45, 7) is 0.400. The van der Waals surface area contributed by atoms with Gasteiger partial charge in [0.05, 0.1) is 12.2 Å². The van der Waals surface area contributed by atoms with Crippen LogP contribution in [0.2, 0.25) is 0 Å². The van der Waals surface area contributed by atoms with Crippen LogP contribution in [0.4, 0.5) is 0 Å². The molecule has 0 amide bonds. The number of ether oxygens (including phenoxy) is 1. The van der Waals surface area contributed by atoms with Crippen LogP contribution in [-0.2, 0) is 0 Å². The Balaban J connectivity index is 1.50. The van der Waals surface area contributed by atoms with Crippen LogP contribution in [0.15, 0.2) is 64.2 Å². The molecule has 6 nitrogen and oxygen atoms in total. The number of aromatic nitrogens is 2. The van der Waals surface area contributed by atoms with E-state index in [-0.39, 0.29) is 5.56 Å². The molecular formula is C17H14N2O4S. The third-order valence-electron chi connectivity index (χ3n) is 3.09. The maximum absolute atomic E-state index is 10.9. The molecule has 0 radical (unpaired) electrons. The lowest BCUT2D eigenvalue weighted by Crippen LogP contribution is -2.02. The van der Waals surface area contributed by atoms with Gasteiger partial charge in [0.1, 0.15) is 5.75 Å². The molecule has 0 unspecified atom stereocenters. The molecule has 3 rings (SSSR count). The highest BCUT2D eigenvalue weighted by atomic mass is 32.2. The van der Waals surface area contributed by atoms with Crippen LogP contribution in [0.5, 0.6) is 5.75 Å². The molecule has 0 saturated heterocycles. The predicted molar refractivity (Wildman–Crippen MR) is 89.4 cm³/mol. The Bertz CT molecular complexity index is 820. The van der Waals surface area contributed by atoms with Crippen molar-refractivity contribution in [2.45, 2.75) is 5.22 Å². The van der Waals surface area contributed by atoms with Gasteiger partial charge in [-0.05, 0) is 30.3 Å². The minimum Gasteiger partial charge on any atom is -0.493 e. The highest BCUT2D eigenvalue weighted by molar-refractivity contribution is 7.99. The van der Waals surface area contributed by atoms with Crippen LogP contribution in [-0.4, -0.2) is 33.6 Å². The molecule has 122 valence electrons. The average Bonchev–Trinajstić information content (AvgIpc) is 3.09. The summed E-state index contributed by atoms with van der Waals surface area (Å²) >= 11 is 1.38. The Kier molecular flexibility index (Phi) is 5.12. The van der Waals surface area contributed by atoms with Crippen LogP contribution in [0.1, 0.15) is 10.4 Å². The minimum absolute atomic E-state index is 0.199. The quantitative estimate of drug-likeness (QED) is 0.518. The average molecular weight is 342 g/mol. The van der Waals surface area contributed by atoms with Crippen LogP contribution >= 0.6 is 11.8 Å². The summed E-state index contributed by atoms with van der Waals surface area (Å²) in [5.74, 6) is 0.626. The van der Waals surface area contributed by atoms with Gasteiger partial charge >= 0.3 is 5.97 Å². The number of carboxylic acids is 1. The van der Waals surface area contributed by atoms with Crippen LogP contribution in [0, 0.1) is 0 Å². The molecule has 3 aromatic rings. The molecule has 0 bridgehead atoms. The zero-order chi connectivity index (χ0) is 16.8. The lowest BCUT2D eigenvalue weighted by atomic mass is 10.2. The lowest BCUT2D eigenvalue weighted by Gasteiger charge is -2.05. The van der Waals surface area contributed by atoms with Gasteiger partial charge in [-0.1, -0.05) is 36.0 Å². The first-order valence-electron chi connectivity index (χ1n) is 7.20. The van der Waals surface area contributed by atoms with Gasteiger partial charge in [0, 0.05) is 11.3 Å². The zero-order valence-electron chi connectivity index (χ0n) is 12.6. The molecule has 2 aromatic carbocycles. The fraction of sp³-hybridized carbons (Fsp3) is 0.118. The SMILES string of the molecule is O=C(O)c1cccc(OCCSc2nnc(-c3ccccc3)o2)c1. The van der Waals surface area contributed by atoms with Gasteiger partial charge < -0.3 is 14.3 Å². The Hall–Kier alpha value is -2.80. The molecule has 1 N–H and O–H groups in total. The molecule has 0 saturated carbocycles. The van der Waals surface area contributed by atoms with Gasteiger partial charge in [-0.3, -0.25) is 0 Å². The number of aromatic carboxylic acids is 1. The molecular weight excluding hydrogens is 328 g/mol. The topological polar surface area (TPSA) is 85.5 Å². The number of nitrogens with zero attached hydrogens (tertiary/aromatic N) is 2. The minimum atomic E-state index is -0.978. The van der Waals surface area contributed by atoms with Crippen molar-refractivity contribution < 1.29 is 19.1 Å². The monoisotopic (exact) mass is 342 g/mol. The number of thioether (sulfide) groups is 1. The van der Waals surface area contributed by atoms with E-state index in [1.54, 1.807) is 12.1 Å². The Labute approximate surface area is 142 Å². The van der Waals surface area contributed by atoms with E-state index in [0.29, 0.717) is 29.2 Å². The maximum Gasteiger partial charge on any atom is 0.335 e. The standard InChI is InChI=1S/C17H14N2O4S/c20-16(21)13-7-4-8-14(11-13)22-9-10-24-17-19-18-15(23-17)12-5-2-1-3-6-12/h1-8,11H,9-10H2,(H,20,21). The number of carboxylic acid groups (broad SMARTS) is 1. The number of benzene rings is 2. The molecule has 0 spiro atoms. The van der Waals surface area contributed by atoms with Crippen molar-refractivity contribution in [3.8, 4) is 17.2 Å². The summed E-state index contributed by atoms with van der Waals surface area (Å²) in [6, 6.07) is 15.9. The van der Waals surface area contributed by atoms with E-state index in [1.807, 2.05) is 30.3 Å². The van der Waals surface area contributed by atoms with Gasteiger partial charge in [0.15, 0.2) is 0 Å². The smallest absolute Gasteiger partial charge is 0.335 e. The Morgan fingerprint density at radius 1 is 1.12 bits per heavy atom. The van der Waals surface area contributed by atoms with Crippen LogP contribution in [0.25, 0.3) is 11.5 Å². The molecule has 0 atom stereocenters. The number of hydrogen-bond donors (Lipinski definition) is 1. The molecule has 0 fully saturated rings. The summed E-state index contributed by atoms with van der Waals surface area (Å²) in [7, 11) is 0. The highest BCUT2D eigenvalue weighted by Gasteiger charge is 2.09. The predicted octanol–water partition coefficient (Wildman–Crippen LogP) is 3.61. The molecule has 0 aliphatic rings. The van der Waals surface area contributed by atoms with E-state index in [9.17, 15) is 4.79 Å². The van der Waals surface area contributed by atoms with E-state index < -0.39 is 5.97 Å². The number of carbonyl (C=O) groups is 1. The van der Waals surface area contributed by atoms with Crippen LogP contribution < -0.4 is 4.74 Å². The van der Waals surface area contributed by atoms with E-state index in [4.69, 9.17) is 14.3 Å². The van der Waals surface area contributed by atoms with E-state index in [2.05, 4.69) is 10.2 Å². The summed E-state index contributed by atoms with van der Waals surface area (Å²) in [4.78, 5) is 10.9. The number of rotatable bonds is 7. The first-order valence-corrected chi connectivity index (χ1v) is 8.19. The highest BCUT2D eigenvalue weighted by Crippen LogP contribution is 2.23. The second-order valence-electron chi connectivity index (χ2n) is 4.77. The van der Waals surface area contributed by atoms with Gasteiger partial charge in [0.25, 0.3) is 5.22 Å². The first kappa shape index (κ1) is 16.1. The second kappa shape index (κ2) is 7.65. The van der Waals surface area contributed by atoms with Crippen molar-refractivity contribution >= 4 is 17.7 Å². The maximum atomic E-state index is 10.9. The second-order valence-corrected chi connectivity index (χ2v) is 5.82. The first-order chi connectivity index (χ1) is 11.7. The summed E-state index contributed by atoms with van der Waals surface area (Å²) in [5, 5.41) is 17.4. The molecule has 24 heavy (non-hydrogen) atoms.